The van der Waals surface area contributed by atoms with Gasteiger partial charge in [-0.15, -0.1) is 24.0 Å². The van der Waals surface area contributed by atoms with Gasteiger partial charge in [-0.3, -0.25) is 4.99 Å². The fourth-order valence-corrected chi connectivity index (χ4v) is 3.48. The third-order valence-corrected chi connectivity index (χ3v) is 5.17. The van der Waals surface area contributed by atoms with E-state index >= 15 is 0 Å². The zero-order valence-electron chi connectivity index (χ0n) is 16.9. The lowest BCUT2D eigenvalue weighted by Crippen LogP contribution is -2.48. The average molecular weight is 482 g/mol. The predicted octanol–water partition coefficient (Wildman–Crippen LogP) is 2.57. The topological polar surface area (TPSA) is 49.3 Å². The first-order valence-corrected chi connectivity index (χ1v) is 10.1. The fourth-order valence-electron chi connectivity index (χ4n) is 3.48. The molecule has 0 amide bonds. The number of aliphatic imine (C=N–C) groups is 1. The molecular formula is C19H39IN4O2. The quantitative estimate of drug-likeness (QED) is 0.311. The smallest absolute Gasteiger partial charge is 0.193 e. The van der Waals surface area contributed by atoms with Gasteiger partial charge >= 0.3 is 0 Å². The third kappa shape index (κ3) is 8.71. The summed E-state index contributed by atoms with van der Waals surface area (Å²) in [5, 5.41) is 3.51. The number of nitrogens with zero attached hydrogens (tertiary/aromatic N) is 3. The third-order valence-electron chi connectivity index (χ3n) is 5.17. The number of guanidine groups is 1. The molecule has 0 aromatic heterocycles. The molecule has 2 heterocycles. The van der Waals surface area contributed by atoms with Gasteiger partial charge in [0.05, 0.1) is 18.8 Å². The monoisotopic (exact) mass is 482 g/mol. The van der Waals surface area contributed by atoms with Gasteiger partial charge in [-0.2, -0.15) is 0 Å². The normalized spacial score (nSPS) is 21.9. The van der Waals surface area contributed by atoms with Crippen molar-refractivity contribution in [1.29, 1.82) is 0 Å². The summed E-state index contributed by atoms with van der Waals surface area (Å²) in [5.74, 6) is 1.03. The van der Waals surface area contributed by atoms with E-state index in [1.807, 2.05) is 7.05 Å². The molecule has 0 spiro atoms. The summed E-state index contributed by atoms with van der Waals surface area (Å²) in [6.45, 7) is 9.11. The summed E-state index contributed by atoms with van der Waals surface area (Å²) >= 11 is 0. The number of likely N-dealkylation sites (tertiary alicyclic amines) is 1. The van der Waals surface area contributed by atoms with E-state index in [2.05, 4.69) is 34.1 Å². The van der Waals surface area contributed by atoms with Gasteiger partial charge in [0.25, 0.3) is 0 Å². The Morgan fingerprint density at radius 1 is 1.27 bits per heavy atom. The Bertz CT molecular complexity index is 384. The van der Waals surface area contributed by atoms with Crippen molar-refractivity contribution >= 4 is 29.9 Å². The van der Waals surface area contributed by atoms with Crippen molar-refractivity contribution < 1.29 is 9.47 Å². The van der Waals surface area contributed by atoms with E-state index in [0.29, 0.717) is 12.2 Å². The van der Waals surface area contributed by atoms with Gasteiger partial charge in [0.1, 0.15) is 0 Å². The summed E-state index contributed by atoms with van der Waals surface area (Å²) in [6.07, 6.45) is 7.71. The van der Waals surface area contributed by atoms with Crippen molar-refractivity contribution in [2.45, 2.75) is 57.7 Å². The Morgan fingerprint density at radius 2 is 2.04 bits per heavy atom. The molecule has 26 heavy (non-hydrogen) atoms. The van der Waals surface area contributed by atoms with Crippen LogP contribution in [0.4, 0.5) is 0 Å². The summed E-state index contributed by atoms with van der Waals surface area (Å²) in [7, 11) is 4.07. The second-order valence-electron chi connectivity index (χ2n) is 7.29. The minimum Gasteiger partial charge on any atom is -0.376 e. The van der Waals surface area contributed by atoms with E-state index in [-0.39, 0.29) is 24.0 Å². The van der Waals surface area contributed by atoms with Crippen LogP contribution in [0.5, 0.6) is 0 Å². The van der Waals surface area contributed by atoms with Crippen molar-refractivity contribution in [2.24, 2.45) is 4.99 Å². The SMILES string of the molecule is CCCCN(C)CCNC(=NC)N1CCC(OCC2CCCO2)CC1.I. The van der Waals surface area contributed by atoms with Crippen LogP contribution in [0.3, 0.4) is 0 Å². The molecule has 2 aliphatic rings. The number of unbranched alkanes of at least 4 members (excludes halogenated alkanes) is 1. The largest absolute Gasteiger partial charge is 0.376 e. The van der Waals surface area contributed by atoms with E-state index in [4.69, 9.17) is 9.47 Å². The first-order valence-electron chi connectivity index (χ1n) is 10.1. The maximum Gasteiger partial charge on any atom is 0.193 e. The summed E-state index contributed by atoms with van der Waals surface area (Å²) < 4.78 is 11.7. The highest BCUT2D eigenvalue weighted by Gasteiger charge is 2.24. The Morgan fingerprint density at radius 3 is 2.65 bits per heavy atom. The van der Waals surface area contributed by atoms with Crippen LogP contribution < -0.4 is 5.32 Å². The molecule has 1 N–H and O–H groups in total. The molecule has 0 bridgehead atoms. The van der Waals surface area contributed by atoms with Crippen LogP contribution >= 0.6 is 24.0 Å². The zero-order chi connectivity index (χ0) is 17.9. The lowest BCUT2D eigenvalue weighted by atomic mass is 10.1. The molecule has 2 aliphatic heterocycles. The minimum absolute atomic E-state index is 0. The second-order valence-corrected chi connectivity index (χ2v) is 7.29. The highest BCUT2D eigenvalue weighted by atomic mass is 127. The molecule has 154 valence electrons. The minimum atomic E-state index is 0. The standard InChI is InChI=1S/C19H38N4O2.HI/c1-4-5-11-22(3)14-10-21-19(20-2)23-12-8-17(9-13-23)25-16-18-7-6-15-24-18;/h17-18H,4-16H2,1-3H3,(H,20,21);1H. The van der Waals surface area contributed by atoms with Crippen LogP contribution in [0.2, 0.25) is 0 Å². The maximum absolute atomic E-state index is 6.06. The summed E-state index contributed by atoms with van der Waals surface area (Å²) in [6, 6.07) is 0. The molecule has 6 nitrogen and oxygen atoms in total. The van der Waals surface area contributed by atoms with Gasteiger partial charge in [-0.25, -0.2) is 0 Å². The van der Waals surface area contributed by atoms with Crippen LogP contribution in [0, 0.1) is 0 Å². The summed E-state index contributed by atoms with van der Waals surface area (Å²) in [4.78, 5) is 9.20. The van der Waals surface area contributed by atoms with E-state index < -0.39 is 0 Å². The molecule has 2 rings (SSSR count). The highest BCUT2D eigenvalue weighted by Crippen LogP contribution is 2.17. The molecule has 2 fully saturated rings. The van der Waals surface area contributed by atoms with E-state index in [1.165, 1.54) is 25.8 Å². The van der Waals surface area contributed by atoms with Crippen molar-refractivity contribution in [3.05, 3.63) is 0 Å². The molecule has 7 heteroatoms. The van der Waals surface area contributed by atoms with Crippen LogP contribution in [-0.4, -0.2) is 88.0 Å². The molecule has 0 saturated carbocycles. The average Bonchev–Trinajstić information content (AvgIpc) is 3.16. The molecule has 1 unspecified atom stereocenters. The molecule has 2 saturated heterocycles. The van der Waals surface area contributed by atoms with Gasteiger partial charge in [0.2, 0.25) is 0 Å². The lowest BCUT2D eigenvalue weighted by Gasteiger charge is -2.34. The van der Waals surface area contributed by atoms with Gasteiger partial charge < -0.3 is 24.6 Å². The van der Waals surface area contributed by atoms with Crippen LogP contribution in [0.15, 0.2) is 4.99 Å². The Balaban J connectivity index is 0.00000338. The van der Waals surface area contributed by atoms with Gasteiger partial charge in [0.15, 0.2) is 5.96 Å². The molecular weight excluding hydrogens is 443 g/mol. The van der Waals surface area contributed by atoms with Crippen molar-refractivity contribution in [2.75, 3.05) is 60.0 Å². The maximum atomic E-state index is 6.06. The molecule has 1 atom stereocenters. The van der Waals surface area contributed by atoms with Crippen LogP contribution in [0.25, 0.3) is 0 Å². The van der Waals surface area contributed by atoms with Crippen LogP contribution in [0.1, 0.15) is 45.4 Å². The van der Waals surface area contributed by atoms with E-state index in [9.17, 15) is 0 Å². The number of nitrogens with one attached hydrogen (secondary N) is 1. The summed E-state index contributed by atoms with van der Waals surface area (Å²) in [5.41, 5.74) is 0. The number of piperidine rings is 1. The first-order chi connectivity index (χ1) is 12.2. The molecule has 0 aromatic carbocycles. The van der Waals surface area contributed by atoms with Crippen LogP contribution in [-0.2, 0) is 9.47 Å². The number of halogens is 1. The van der Waals surface area contributed by atoms with Crippen molar-refractivity contribution in [3.63, 3.8) is 0 Å². The number of hydrogen-bond donors (Lipinski definition) is 1. The van der Waals surface area contributed by atoms with Gasteiger partial charge in [-0.05, 0) is 45.7 Å². The Kier molecular flexibility index (Phi) is 12.8. The first kappa shape index (κ1) is 23.9. The van der Waals surface area contributed by atoms with Gasteiger partial charge in [-0.1, -0.05) is 13.3 Å². The number of rotatable bonds is 9. The Labute approximate surface area is 177 Å². The number of ether oxygens (including phenoxy) is 2. The second kappa shape index (κ2) is 14.0. The number of hydrogen-bond acceptors (Lipinski definition) is 4. The van der Waals surface area contributed by atoms with E-state index in [0.717, 1.165) is 64.6 Å². The predicted molar refractivity (Wildman–Crippen MR) is 119 cm³/mol. The van der Waals surface area contributed by atoms with Crippen molar-refractivity contribution in [1.82, 2.24) is 15.1 Å². The van der Waals surface area contributed by atoms with Crippen molar-refractivity contribution in [3.8, 4) is 0 Å². The molecule has 0 radical (unpaired) electrons. The number of likely N-dealkylation sites (N-methyl/N-ethyl adjacent to an activating group) is 1. The molecule has 0 aliphatic carbocycles. The molecule has 0 aromatic rings. The van der Waals surface area contributed by atoms with Gasteiger partial charge in [0, 0.05) is 39.8 Å². The highest BCUT2D eigenvalue weighted by molar-refractivity contribution is 14.0. The Hall–Kier alpha value is -0.120. The van der Waals surface area contributed by atoms with E-state index in [1.54, 1.807) is 0 Å². The zero-order valence-corrected chi connectivity index (χ0v) is 19.2. The lowest BCUT2D eigenvalue weighted by molar-refractivity contribution is -0.0367. The fraction of sp³-hybridized carbons (Fsp3) is 0.947.